The van der Waals surface area contributed by atoms with Crippen molar-refractivity contribution < 1.29 is 0 Å². The third kappa shape index (κ3) is 8.65. The summed E-state index contributed by atoms with van der Waals surface area (Å²) in [5.41, 5.74) is 0. The van der Waals surface area contributed by atoms with E-state index in [0.29, 0.717) is 0 Å². The molecule has 0 spiro atoms. The van der Waals surface area contributed by atoms with Crippen LogP contribution in [0.4, 0.5) is 0 Å². The van der Waals surface area contributed by atoms with Crippen LogP contribution in [0.5, 0.6) is 0 Å². The first-order valence-corrected chi connectivity index (χ1v) is 15.8. The predicted molar refractivity (Wildman–Crippen MR) is 143 cm³/mol. The van der Waals surface area contributed by atoms with Crippen LogP contribution in [0, 0.1) is 35.5 Å². The van der Waals surface area contributed by atoms with Crippen LogP contribution in [-0.4, -0.2) is 0 Å². The highest BCUT2D eigenvalue weighted by atomic mass is 14.5. The van der Waals surface area contributed by atoms with Gasteiger partial charge in [-0.25, -0.2) is 0 Å². The first-order valence-electron chi connectivity index (χ1n) is 15.8. The third-order valence-electron chi connectivity index (χ3n) is 10.2. The van der Waals surface area contributed by atoms with E-state index in [-0.39, 0.29) is 0 Å². The predicted octanol–water partition coefficient (Wildman–Crippen LogP) is 11.1. The molecule has 3 fully saturated rings. The summed E-state index contributed by atoms with van der Waals surface area (Å²) in [7, 11) is 0. The summed E-state index contributed by atoms with van der Waals surface area (Å²) in [5, 5.41) is 0. The van der Waals surface area contributed by atoms with Crippen LogP contribution in [0.15, 0.2) is 0 Å². The van der Waals surface area contributed by atoms with Gasteiger partial charge in [0.25, 0.3) is 0 Å². The second-order valence-electron chi connectivity index (χ2n) is 12.5. The lowest BCUT2D eigenvalue weighted by molar-refractivity contribution is 0.00485. The zero-order valence-electron chi connectivity index (χ0n) is 22.4. The Bertz CT molecular complexity index is 453. The highest BCUT2D eigenvalue weighted by Gasteiger charge is 2.42. The van der Waals surface area contributed by atoms with E-state index in [1.807, 2.05) is 0 Å². The van der Waals surface area contributed by atoms with Crippen LogP contribution >= 0.6 is 0 Å². The Balaban J connectivity index is 1.67. The van der Waals surface area contributed by atoms with E-state index in [9.17, 15) is 0 Å². The summed E-state index contributed by atoms with van der Waals surface area (Å²) in [6.07, 6.45) is 36.7. The van der Waals surface area contributed by atoms with Crippen molar-refractivity contribution in [2.75, 3.05) is 0 Å². The van der Waals surface area contributed by atoms with Crippen molar-refractivity contribution in [3.8, 4) is 0 Å². The molecule has 6 atom stereocenters. The molecule has 0 nitrogen and oxygen atoms in total. The molecule has 3 aliphatic carbocycles. The Morgan fingerprint density at radius 3 is 1.81 bits per heavy atom. The SMILES string of the molecule is CCCCC1CCCCCCCCCCC(C2C(CCC)CCC3CCCCC32)CCC1. The molecule has 0 heteroatoms. The number of hydrogen-bond donors (Lipinski definition) is 0. The fourth-order valence-electron chi connectivity index (χ4n) is 8.54. The normalized spacial score (nSPS) is 36.6. The molecule has 0 saturated heterocycles. The standard InChI is InChI=1S/C32H60/c1-3-5-18-27-19-12-10-8-6-7-9-11-13-22-30(23-16-20-27)32-29(17-4-2)26-25-28-21-14-15-24-31(28)32/h27-32H,3-26H2,1-2H3. The maximum atomic E-state index is 2.46. The average Bonchev–Trinajstić information content (AvgIpc) is 2.82. The summed E-state index contributed by atoms with van der Waals surface area (Å²) in [5.74, 6) is 6.49. The Hall–Kier alpha value is 0. The van der Waals surface area contributed by atoms with Crippen molar-refractivity contribution in [3.05, 3.63) is 0 Å². The molecule has 0 aromatic rings. The number of fused-ring (bicyclic) bond motifs is 1. The maximum Gasteiger partial charge on any atom is -0.0326 e. The summed E-state index contributed by atoms with van der Waals surface area (Å²) in [6, 6.07) is 0. The minimum atomic E-state index is 1.04. The van der Waals surface area contributed by atoms with Crippen molar-refractivity contribution in [2.45, 2.75) is 168 Å². The van der Waals surface area contributed by atoms with Crippen LogP contribution in [0.2, 0.25) is 0 Å². The van der Waals surface area contributed by atoms with Gasteiger partial charge in [0, 0.05) is 0 Å². The fourth-order valence-corrected chi connectivity index (χ4v) is 8.54. The van der Waals surface area contributed by atoms with E-state index in [4.69, 9.17) is 0 Å². The molecule has 0 bridgehead atoms. The number of hydrogen-bond acceptors (Lipinski definition) is 0. The van der Waals surface area contributed by atoms with Gasteiger partial charge in [0.1, 0.15) is 0 Å². The Labute approximate surface area is 203 Å². The van der Waals surface area contributed by atoms with Gasteiger partial charge < -0.3 is 0 Å². The van der Waals surface area contributed by atoms with Gasteiger partial charge in [-0.15, -0.1) is 0 Å². The number of unbranched alkanes of at least 4 members (excludes halogenated alkanes) is 1. The molecule has 3 aliphatic rings. The summed E-state index contributed by atoms with van der Waals surface area (Å²) in [6.45, 7) is 4.85. The minimum absolute atomic E-state index is 1.04. The quantitative estimate of drug-likeness (QED) is 0.382. The molecular weight excluding hydrogens is 384 g/mol. The van der Waals surface area contributed by atoms with E-state index < -0.39 is 0 Å². The van der Waals surface area contributed by atoms with E-state index >= 15 is 0 Å². The molecule has 0 aromatic heterocycles. The van der Waals surface area contributed by atoms with Crippen molar-refractivity contribution >= 4 is 0 Å². The lowest BCUT2D eigenvalue weighted by Gasteiger charge is -2.49. The zero-order chi connectivity index (χ0) is 22.4. The summed E-state index contributed by atoms with van der Waals surface area (Å²) >= 11 is 0. The molecule has 188 valence electrons. The molecule has 6 unspecified atom stereocenters. The lowest BCUT2D eigenvalue weighted by Crippen LogP contribution is -2.41. The smallest absolute Gasteiger partial charge is 0.0326 e. The van der Waals surface area contributed by atoms with Crippen molar-refractivity contribution in [3.63, 3.8) is 0 Å². The van der Waals surface area contributed by atoms with E-state index in [2.05, 4.69) is 13.8 Å². The van der Waals surface area contributed by atoms with Gasteiger partial charge in [0.2, 0.25) is 0 Å². The van der Waals surface area contributed by atoms with Gasteiger partial charge in [-0.2, -0.15) is 0 Å². The third-order valence-corrected chi connectivity index (χ3v) is 10.2. The molecule has 0 amide bonds. The monoisotopic (exact) mass is 444 g/mol. The van der Waals surface area contributed by atoms with Crippen LogP contribution < -0.4 is 0 Å². The summed E-state index contributed by atoms with van der Waals surface area (Å²) < 4.78 is 0. The second-order valence-corrected chi connectivity index (χ2v) is 12.5. The number of rotatable bonds is 6. The van der Waals surface area contributed by atoms with Crippen LogP contribution in [0.25, 0.3) is 0 Å². The van der Waals surface area contributed by atoms with E-state index in [0.717, 1.165) is 35.5 Å². The molecule has 3 saturated carbocycles. The van der Waals surface area contributed by atoms with E-state index in [1.165, 1.54) is 96.3 Å². The van der Waals surface area contributed by atoms with Gasteiger partial charge in [-0.3, -0.25) is 0 Å². The first kappa shape index (κ1) is 26.6. The highest BCUT2D eigenvalue weighted by Crippen LogP contribution is 2.52. The summed E-state index contributed by atoms with van der Waals surface area (Å²) in [4.78, 5) is 0. The molecule has 0 aromatic carbocycles. The van der Waals surface area contributed by atoms with Crippen molar-refractivity contribution in [2.24, 2.45) is 35.5 Å². The minimum Gasteiger partial charge on any atom is -0.0654 e. The van der Waals surface area contributed by atoms with Gasteiger partial charge in [-0.1, -0.05) is 149 Å². The maximum absolute atomic E-state index is 2.46. The highest BCUT2D eigenvalue weighted by molar-refractivity contribution is 4.92. The molecule has 0 radical (unpaired) electrons. The molecule has 3 rings (SSSR count). The van der Waals surface area contributed by atoms with Gasteiger partial charge in [-0.05, 0) is 54.8 Å². The average molecular weight is 445 g/mol. The van der Waals surface area contributed by atoms with Crippen molar-refractivity contribution in [1.82, 2.24) is 0 Å². The van der Waals surface area contributed by atoms with Crippen LogP contribution in [-0.2, 0) is 0 Å². The topological polar surface area (TPSA) is 0 Å². The molecule has 0 N–H and O–H groups in total. The molecule has 32 heavy (non-hydrogen) atoms. The van der Waals surface area contributed by atoms with E-state index in [1.54, 1.807) is 57.8 Å². The Morgan fingerprint density at radius 1 is 0.469 bits per heavy atom. The zero-order valence-corrected chi connectivity index (χ0v) is 22.4. The van der Waals surface area contributed by atoms with Gasteiger partial charge >= 0.3 is 0 Å². The Kier molecular flexibility index (Phi) is 13.1. The molecule has 0 heterocycles. The molecular formula is C32H60. The van der Waals surface area contributed by atoms with Crippen LogP contribution in [0.1, 0.15) is 168 Å². The Morgan fingerprint density at radius 2 is 1.06 bits per heavy atom. The van der Waals surface area contributed by atoms with Crippen molar-refractivity contribution in [1.29, 1.82) is 0 Å². The van der Waals surface area contributed by atoms with Gasteiger partial charge in [0.15, 0.2) is 0 Å². The lowest BCUT2D eigenvalue weighted by atomic mass is 9.56. The van der Waals surface area contributed by atoms with Crippen LogP contribution in [0.3, 0.4) is 0 Å². The first-order chi connectivity index (χ1) is 15.8. The largest absolute Gasteiger partial charge is 0.0654 e. The van der Waals surface area contributed by atoms with Gasteiger partial charge in [0.05, 0.1) is 0 Å². The molecule has 0 aliphatic heterocycles. The second kappa shape index (κ2) is 15.8. The fraction of sp³-hybridized carbons (Fsp3) is 1.00.